The van der Waals surface area contributed by atoms with Crippen molar-refractivity contribution in [2.75, 3.05) is 18.5 Å². The Labute approximate surface area is 259 Å². The number of aromatic nitrogens is 1. The Morgan fingerprint density at radius 2 is 1.77 bits per heavy atom. The molecule has 3 aromatic rings. The first-order valence-electron chi connectivity index (χ1n) is 14.4. The van der Waals surface area contributed by atoms with Crippen LogP contribution in [0.15, 0.2) is 58.4 Å². The molecule has 13 heteroatoms. The van der Waals surface area contributed by atoms with E-state index in [-0.39, 0.29) is 71.6 Å². The molecule has 3 fully saturated rings. The van der Waals surface area contributed by atoms with Crippen molar-refractivity contribution in [1.82, 2.24) is 9.88 Å². The fourth-order valence-corrected chi connectivity index (χ4v) is 10.7. The fraction of sp³-hybridized carbons (Fsp3) is 0.387. The molecule has 3 heterocycles. The minimum Gasteiger partial charge on any atom is -0.483 e. The molecule has 6 unspecified atom stereocenters. The predicted molar refractivity (Wildman–Crippen MR) is 159 cm³/mol. The molecule has 1 aromatic heterocycles. The summed E-state index contributed by atoms with van der Waals surface area (Å²) >= 11 is 2.71. The molecule has 228 valence electrons. The van der Waals surface area contributed by atoms with E-state index in [1.807, 2.05) is 12.1 Å². The molecule has 2 saturated carbocycles. The number of anilines is 1. The van der Waals surface area contributed by atoms with Gasteiger partial charge in [0, 0.05) is 40.3 Å². The maximum atomic E-state index is 13.7. The van der Waals surface area contributed by atoms with Gasteiger partial charge in [-0.25, -0.2) is 4.39 Å². The second kappa shape index (κ2) is 11.2. The van der Waals surface area contributed by atoms with Gasteiger partial charge in [0.25, 0.3) is 5.91 Å². The molecule has 4 aliphatic rings. The fourth-order valence-electron chi connectivity index (χ4n) is 7.78. The maximum absolute atomic E-state index is 13.7. The number of aromatic amines is 1. The molecule has 2 aliphatic carbocycles. The van der Waals surface area contributed by atoms with Crippen molar-refractivity contribution in [2.45, 2.75) is 35.5 Å². The largest absolute Gasteiger partial charge is 0.483 e. The highest BCUT2D eigenvalue weighted by atomic mass is 32.2. The van der Waals surface area contributed by atoms with Crippen LogP contribution in [0.4, 0.5) is 10.1 Å². The number of carboxylic acids is 1. The van der Waals surface area contributed by atoms with Gasteiger partial charge in [-0.1, -0.05) is 29.5 Å². The Morgan fingerprint density at radius 1 is 1.05 bits per heavy atom. The maximum Gasteiger partial charge on any atom is 0.305 e. The predicted octanol–water partition coefficient (Wildman–Crippen LogP) is 3.93. The SMILES string of the molecule is O=C(O)CCCN1C(=O)C2C3CC(C2C1=O)C1C3Sc2[nH]c(=O)sc2[C@@H]1c1ccccc1OCC(=O)Nc1ccc(F)cc1. The monoisotopic (exact) mass is 637 g/mol. The van der Waals surface area contributed by atoms with Crippen molar-refractivity contribution in [2.24, 2.45) is 29.6 Å². The van der Waals surface area contributed by atoms with Crippen molar-refractivity contribution >= 4 is 52.5 Å². The zero-order chi connectivity index (χ0) is 30.7. The number of para-hydroxylation sites is 1. The van der Waals surface area contributed by atoms with Crippen molar-refractivity contribution < 1.29 is 33.4 Å². The number of nitrogens with one attached hydrogen (secondary N) is 2. The number of carbonyl (C=O) groups is 4. The van der Waals surface area contributed by atoms with E-state index < -0.39 is 29.5 Å². The van der Waals surface area contributed by atoms with Crippen LogP contribution in [0, 0.1) is 35.4 Å². The number of H-pyrrole nitrogens is 1. The number of aliphatic carboxylic acids is 1. The van der Waals surface area contributed by atoms with E-state index in [1.54, 1.807) is 23.9 Å². The van der Waals surface area contributed by atoms with Gasteiger partial charge in [-0.15, -0.1) is 11.8 Å². The van der Waals surface area contributed by atoms with Crippen LogP contribution in [0.3, 0.4) is 0 Å². The van der Waals surface area contributed by atoms with Crippen LogP contribution >= 0.6 is 23.1 Å². The van der Waals surface area contributed by atoms with Gasteiger partial charge in [-0.05, 0) is 60.9 Å². The quantitative estimate of drug-likeness (QED) is 0.299. The molecule has 44 heavy (non-hydrogen) atoms. The lowest BCUT2D eigenvalue weighted by Crippen LogP contribution is -2.42. The molecule has 0 radical (unpaired) electrons. The van der Waals surface area contributed by atoms with Gasteiger partial charge in [-0.2, -0.15) is 0 Å². The Kier molecular flexibility index (Phi) is 7.32. The molecular formula is C31H28FN3O7S2. The van der Waals surface area contributed by atoms with Crippen molar-refractivity contribution in [3.63, 3.8) is 0 Å². The van der Waals surface area contributed by atoms with Gasteiger partial charge in [-0.3, -0.25) is 28.9 Å². The third kappa shape index (κ3) is 4.82. The number of carbonyl (C=O) groups excluding carboxylic acids is 3. The number of thiazole rings is 1. The van der Waals surface area contributed by atoms with Crippen LogP contribution in [0.1, 0.15) is 35.6 Å². The number of fused-ring (bicyclic) bond motifs is 9. The van der Waals surface area contributed by atoms with Crippen LogP contribution in [-0.4, -0.2) is 57.1 Å². The summed E-state index contributed by atoms with van der Waals surface area (Å²) in [5.74, 6) is -3.20. The summed E-state index contributed by atoms with van der Waals surface area (Å²) in [7, 11) is 0. The van der Waals surface area contributed by atoms with Crippen LogP contribution in [0.25, 0.3) is 0 Å². The van der Waals surface area contributed by atoms with E-state index in [9.17, 15) is 28.4 Å². The smallest absolute Gasteiger partial charge is 0.305 e. The lowest BCUT2D eigenvalue weighted by molar-refractivity contribution is -0.142. The van der Waals surface area contributed by atoms with Crippen LogP contribution in [0.2, 0.25) is 0 Å². The molecule has 0 spiro atoms. The number of halogens is 1. The molecule has 1 saturated heterocycles. The highest BCUT2D eigenvalue weighted by Gasteiger charge is 2.69. The lowest BCUT2D eigenvalue weighted by atomic mass is 9.68. The Morgan fingerprint density at radius 3 is 2.52 bits per heavy atom. The minimum absolute atomic E-state index is 0.0189. The van der Waals surface area contributed by atoms with Crippen LogP contribution < -0.4 is 14.9 Å². The van der Waals surface area contributed by atoms with Crippen molar-refractivity contribution in [3.05, 3.63) is 74.5 Å². The van der Waals surface area contributed by atoms with Gasteiger partial charge in [0.15, 0.2) is 6.61 Å². The summed E-state index contributed by atoms with van der Waals surface area (Å²) in [4.78, 5) is 68.4. The third-order valence-electron chi connectivity index (χ3n) is 9.33. The number of amides is 3. The number of imide groups is 1. The zero-order valence-corrected chi connectivity index (χ0v) is 24.9. The molecule has 7 atom stereocenters. The first-order chi connectivity index (χ1) is 21.2. The summed E-state index contributed by atoms with van der Waals surface area (Å²) < 4.78 is 19.3. The molecule has 2 bridgehead atoms. The number of thioether (sulfide) groups is 1. The van der Waals surface area contributed by atoms with E-state index >= 15 is 0 Å². The number of nitrogens with zero attached hydrogens (tertiary/aromatic N) is 1. The second-order valence-electron chi connectivity index (χ2n) is 11.7. The number of hydrogen-bond donors (Lipinski definition) is 3. The van der Waals surface area contributed by atoms with Gasteiger partial charge in [0.1, 0.15) is 11.6 Å². The first kappa shape index (κ1) is 28.8. The number of benzene rings is 2. The molecule has 10 nitrogen and oxygen atoms in total. The molecular weight excluding hydrogens is 609 g/mol. The number of hydrogen-bond acceptors (Lipinski definition) is 8. The Bertz CT molecular complexity index is 1720. The molecule has 3 N–H and O–H groups in total. The first-order valence-corrected chi connectivity index (χ1v) is 16.1. The number of ether oxygens (including phenoxy) is 1. The highest BCUT2D eigenvalue weighted by molar-refractivity contribution is 8.00. The van der Waals surface area contributed by atoms with E-state index in [2.05, 4.69) is 10.3 Å². The normalized spacial score (nSPS) is 28.0. The highest BCUT2D eigenvalue weighted by Crippen LogP contribution is 2.69. The zero-order valence-electron chi connectivity index (χ0n) is 23.2. The van der Waals surface area contributed by atoms with Gasteiger partial charge < -0.3 is 20.1 Å². The van der Waals surface area contributed by atoms with Crippen molar-refractivity contribution in [3.8, 4) is 5.75 Å². The van der Waals surface area contributed by atoms with Crippen molar-refractivity contribution in [1.29, 1.82) is 0 Å². The Balaban J connectivity index is 1.18. The van der Waals surface area contributed by atoms with E-state index in [0.29, 0.717) is 11.4 Å². The van der Waals surface area contributed by atoms with Gasteiger partial charge in [0.2, 0.25) is 11.8 Å². The molecule has 2 aromatic carbocycles. The molecule has 7 rings (SSSR count). The summed E-state index contributed by atoms with van der Waals surface area (Å²) in [5, 5.41) is 12.5. The van der Waals surface area contributed by atoms with E-state index in [4.69, 9.17) is 9.84 Å². The lowest BCUT2D eigenvalue weighted by Gasteiger charge is -2.43. The number of likely N-dealkylation sites (tertiary alicyclic amines) is 1. The number of rotatable bonds is 9. The average molecular weight is 638 g/mol. The average Bonchev–Trinajstić information content (AvgIpc) is 3.73. The topological polar surface area (TPSA) is 146 Å². The molecule has 3 amide bonds. The second-order valence-corrected chi connectivity index (χ2v) is 13.9. The minimum atomic E-state index is -0.969. The Hall–Kier alpha value is -3.97. The summed E-state index contributed by atoms with van der Waals surface area (Å²) in [6, 6.07) is 12.8. The van der Waals surface area contributed by atoms with Gasteiger partial charge in [0.05, 0.1) is 16.9 Å². The standard InChI is InChI=1S/C31H28FN3O7S2/c32-14-7-9-15(10-8-14)33-20(36)13-42-19-5-2-1-4-16(19)22-23-17-12-18(26(23)43-28-27(22)44-31(41)34-28)25-24(17)29(39)35(30(25)40)11-3-6-21(37)38/h1-2,4-5,7-10,17-18,22-26H,3,6,11-13H2,(H,33,36)(H,34,41)(H,37,38)/t17?,18?,22-,23?,24?,25?,26?/m1/s1. The third-order valence-corrected chi connectivity index (χ3v) is 11.9. The van der Waals surface area contributed by atoms with E-state index in [1.165, 1.54) is 29.2 Å². The van der Waals surface area contributed by atoms with E-state index in [0.717, 1.165) is 33.2 Å². The summed E-state index contributed by atoms with van der Waals surface area (Å²) in [5.41, 5.74) is 1.24. The van der Waals surface area contributed by atoms with Crippen LogP contribution in [0.5, 0.6) is 5.75 Å². The molecule has 2 aliphatic heterocycles. The summed E-state index contributed by atoms with van der Waals surface area (Å²) in [6.45, 7) is -0.200. The van der Waals surface area contributed by atoms with Crippen LogP contribution in [-0.2, 0) is 19.2 Å². The van der Waals surface area contributed by atoms with Gasteiger partial charge >= 0.3 is 10.8 Å². The summed E-state index contributed by atoms with van der Waals surface area (Å²) in [6.07, 6.45) is 0.815. The number of carboxylic acid groups (broad SMARTS) is 1.